The van der Waals surface area contributed by atoms with Gasteiger partial charge in [-0.1, -0.05) is 0 Å². The number of hydrogen-bond acceptors (Lipinski definition) is 6. The summed E-state index contributed by atoms with van der Waals surface area (Å²) in [7, 11) is -3.47. The van der Waals surface area contributed by atoms with Crippen LogP contribution < -0.4 is 10.5 Å². The Morgan fingerprint density at radius 2 is 2.22 bits per heavy atom. The maximum Gasteiger partial charge on any atom is 0.242 e. The predicted molar refractivity (Wildman–Crippen MR) is 73.1 cm³/mol. The van der Waals surface area contributed by atoms with E-state index in [1.54, 1.807) is 24.7 Å². The summed E-state index contributed by atoms with van der Waals surface area (Å²) in [6.07, 6.45) is 1.65. The fourth-order valence-electron chi connectivity index (χ4n) is 1.46. The molecule has 0 saturated carbocycles. The molecule has 5 nitrogen and oxygen atoms in total. The largest absolute Gasteiger partial charge is 0.326 e. The van der Waals surface area contributed by atoms with Crippen LogP contribution in [0.15, 0.2) is 22.7 Å². The fourth-order valence-corrected chi connectivity index (χ4v) is 4.61. The summed E-state index contributed by atoms with van der Waals surface area (Å²) in [4.78, 5) is 6.72. The molecule has 18 heavy (non-hydrogen) atoms. The summed E-state index contributed by atoms with van der Waals surface area (Å²) >= 11 is 2.83. The summed E-state index contributed by atoms with van der Waals surface area (Å²) in [5, 5.41) is 0. The molecule has 0 unspecified atom stereocenters. The van der Waals surface area contributed by atoms with Crippen molar-refractivity contribution in [3.8, 4) is 0 Å². The first kappa shape index (κ1) is 13.6. The van der Waals surface area contributed by atoms with Gasteiger partial charge in [0, 0.05) is 33.9 Å². The molecule has 0 aromatic carbocycles. The van der Waals surface area contributed by atoms with Gasteiger partial charge in [-0.2, -0.15) is 0 Å². The summed E-state index contributed by atoms with van der Waals surface area (Å²) in [6.45, 7) is 2.40. The van der Waals surface area contributed by atoms with Crippen molar-refractivity contribution in [3.63, 3.8) is 0 Å². The zero-order valence-corrected chi connectivity index (χ0v) is 12.2. The van der Waals surface area contributed by atoms with E-state index in [-0.39, 0.29) is 6.54 Å². The highest BCUT2D eigenvalue weighted by Gasteiger charge is 2.19. The van der Waals surface area contributed by atoms with E-state index in [1.807, 2.05) is 0 Å². The van der Waals surface area contributed by atoms with Crippen molar-refractivity contribution in [1.82, 2.24) is 9.71 Å². The SMILES string of the molecule is Cc1sc(CN)cc1S(=O)(=O)NCc1cncs1. The maximum atomic E-state index is 12.1. The minimum Gasteiger partial charge on any atom is -0.326 e. The Hall–Kier alpha value is -0.800. The predicted octanol–water partition coefficient (Wildman–Crippen LogP) is 1.45. The highest BCUT2D eigenvalue weighted by atomic mass is 32.2. The minimum atomic E-state index is -3.47. The van der Waals surface area contributed by atoms with Crippen molar-refractivity contribution in [2.24, 2.45) is 5.73 Å². The molecule has 0 bridgehead atoms. The quantitative estimate of drug-likeness (QED) is 0.875. The molecule has 0 atom stereocenters. The molecule has 2 rings (SSSR count). The molecule has 2 aromatic heterocycles. The van der Waals surface area contributed by atoms with E-state index in [0.29, 0.717) is 11.4 Å². The Balaban J connectivity index is 2.17. The van der Waals surface area contributed by atoms with Crippen molar-refractivity contribution in [1.29, 1.82) is 0 Å². The van der Waals surface area contributed by atoms with Gasteiger partial charge in [0.05, 0.1) is 10.4 Å². The minimum absolute atomic E-state index is 0.264. The van der Waals surface area contributed by atoms with Crippen molar-refractivity contribution in [2.45, 2.75) is 24.9 Å². The van der Waals surface area contributed by atoms with Crippen molar-refractivity contribution in [3.05, 3.63) is 32.4 Å². The van der Waals surface area contributed by atoms with Crippen LogP contribution in [-0.2, 0) is 23.1 Å². The average molecular weight is 303 g/mol. The molecular formula is C10H13N3O2S3. The van der Waals surface area contributed by atoms with Crippen molar-refractivity contribution < 1.29 is 8.42 Å². The molecule has 2 aromatic rings. The van der Waals surface area contributed by atoms with Gasteiger partial charge in [0.1, 0.15) is 0 Å². The van der Waals surface area contributed by atoms with Crippen LogP contribution in [0, 0.1) is 6.92 Å². The van der Waals surface area contributed by atoms with Gasteiger partial charge >= 0.3 is 0 Å². The Kier molecular flexibility index (Phi) is 4.13. The molecule has 0 fully saturated rings. The Morgan fingerprint density at radius 1 is 1.44 bits per heavy atom. The number of aryl methyl sites for hydroxylation is 1. The normalized spacial score (nSPS) is 11.9. The van der Waals surface area contributed by atoms with E-state index in [9.17, 15) is 8.42 Å². The average Bonchev–Trinajstić information content (AvgIpc) is 2.95. The molecule has 0 saturated heterocycles. The lowest BCUT2D eigenvalue weighted by atomic mass is 10.4. The van der Waals surface area contributed by atoms with Crippen LogP contribution >= 0.6 is 22.7 Å². The number of nitrogens with two attached hydrogens (primary N) is 1. The van der Waals surface area contributed by atoms with Crippen LogP contribution in [-0.4, -0.2) is 13.4 Å². The molecule has 0 aliphatic rings. The van der Waals surface area contributed by atoms with Gasteiger partial charge in [0.25, 0.3) is 0 Å². The van der Waals surface area contributed by atoms with E-state index >= 15 is 0 Å². The second-order valence-corrected chi connectivity index (χ2v) is 7.68. The standard InChI is InChI=1S/C10H13N3O2S3/c1-7-10(2-8(3-11)17-7)18(14,15)13-5-9-4-12-6-16-9/h2,4,6,13H,3,5,11H2,1H3. The molecule has 0 radical (unpaired) electrons. The summed E-state index contributed by atoms with van der Waals surface area (Å²) < 4.78 is 26.8. The van der Waals surface area contributed by atoms with E-state index in [2.05, 4.69) is 9.71 Å². The van der Waals surface area contributed by atoms with Crippen molar-refractivity contribution >= 4 is 32.7 Å². The second-order valence-electron chi connectivity index (χ2n) is 3.63. The van der Waals surface area contributed by atoms with E-state index in [0.717, 1.165) is 14.6 Å². The number of sulfonamides is 1. The smallest absolute Gasteiger partial charge is 0.242 e. The monoisotopic (exact) mass is 303 g/mol. The van der Waals surface area contributed by atoms with Gasteiger partial charge in [0.15, 0.2) is 0 Å². The Morgan fingerprint density at radius 3 is 2.78 bits per heavy atom. The lowest BCUT2D eigenvalue weighted by Gasteiger charge is -2.04. The zero-order chi connectivity index (χ0) is 13.2. The molecule has 0 aliphatic heterocycles. The third-order valence-corrected chi connectivity index (χ3v) is 5.84. The number of rotatable bonds is 5. The zero-order valence-electron chi connectivity index (χ0n) is 9.71. The fraction of sp³-hybridized carbons (Fsp3) is 0.300. The van der Waals surface area contributed by atoms with Crippen LogP contribution in [0.1, 0.15) is 14.6 Å². The van der Waals surface area contributed by atoms with Crippen LogP contribution in [0.25, 0.3) is 0 Å². The molecule has 0 amide bonds. The number of aromatic nitrogens is 1. The number of hydrogen-bond donors (Lipinski definition) is 2. The molecule has 3 N–H and O–H groups in total. The Bertz CT molecular complexity index is 617. The molecular weight excluding hydrogens is 290 g/mol. The maximum absolute atomic E-state index is 12.1. The lowest BCUT2D eigenvalue weighted by molar-refractivity contribution is 0.581. The molecule has 0 aliphatic carbocycles. The second kappa shape index (κ2) is 5.45. The number of nitrogens with one attached hydrogen (secondary N) is 1. The highest BCUT2D eigenvalue weighted by Crippen LogP contribution is 2.25. The van der Waals surface area contributed by atoms with Gasteiger partial charge in [0.2, 0.25) is 10.0 Å². The molecule has 0 spiro atoms. The lowest BCUT2D eigenvalue weighted by Crippen LogP contribution is -2.22. The summed E-state index contributed by atoms with van der Waals surface area (Å²) in [5.74, 6) is 0. The first-order chi connectivity index (χ1) is 8.53. The van der Waals surface area contributed by atoms with Crippen LogP contribution in [0.4, 0.5) is 0 Å². The van der Waals surface area contributed by atoms with E-state index in [1.165, 1.54) is 22.7 Å². The summed E-state index contributed by atoms with van der Waals surface area (Å²) in [6, 6.07) is 1.63. The summed E-state index contributed by atoms with van der Waals surface area (Å²) in [5.41, 5.74) is 7.19. The first-order valence-electron chi connectivity index (χ1n) is 5.19. The highest BCUT2D eigenvalue weighted by molar-refractivity contribution is 7.89. The van der Waals surface area contributed by atoms with Crippen LogP contribution in [0.2, 0.25) is 0 Å². The third-order valence-electron chi connectivity index (χ3n) is 2.33. The number of thiophene rings is 1. The number of thiazole rings is 1. The molecule has 98 valence electrons. The molecule has 8 heteroatoms. The van der Waals surface area contributed by atoms with E-state index < -0.39 is 10.0 Å². The van der Waals surface area contributed by atoms with Crippen LogP contribution in [0.3, 0.4) is 0 Å². The van der Waals surface area contributed by atoms with Gasteiger partial charge < -0.3 is 5.73 Å². The van der Waals surface area contributed by atoms with Crippen LogP contribution in [0.5, 0.6) is 0 Å². The Labute approximate surface area is 114 Å². The van der Waals surface area contributed by atoms with Gasteiger partial charge in [-0.25, -0.2) is 13.1 Å². The van der Waals surface area contributed by atoms with Gasteiger partial charge in [-0.3, -0.25) is 4.98 Å². The van der Waals surface area contributed by atoms with Gasteiger partial charge in [-0.15, -0.1) is 22.7 Å². The topological polar surface area (TPSA) is 85.1 Å². The molecule has 2 heterocycles. The van der Waals surface area contributed by atoms with Gasteiger partial charge in [-0.05, 0) is 13.0 Å². The number of nitrogens with zero attached hydrogens (tertiary/aromatic N) is 1. The first-order valence-corrected chi connectivity index (χ1v) is 8.37. The third kappa shape index (κ3) is 2.96. The van der Waals surface area contributed by atoms with E-state index in [4.69, 9.17) is 5.73 Å². The van der Waals surface area contributed by atoms with Crippen molar-refractivity contribution in [2.75, 3.05) is 0 Å².